The zero-order valence-corrected chi connectivity index (χ0v) is 12.2. The summed E-state index contributed by atoms with van der Waals surface area (Å²) in [6, 6.07) is 7.83. The van der Waals surface area contributed by atoms with Crippen LogP contribution in [0.15, 0.2) is 28.7 Å². The Morgan fingerprint density at radius 1 is 1.39 bits per heavy atom. The third-order valence-corrected chi connectivity index (χ3v) is 4.54. The van der Waals surface area contributed by atoms with Gasteiger partial charge in [-0.2, -0.15) is 0 Å². The van der Waals surface area contributed by atoms with Crippen LogP contribution in [-0.2, 0) is 4.79 Å². The van der Waals surface area contributed by atoms with Crippen molar-refractivity contribution in [1.82, 2.24) is 0 Å². The van der Waals surface area contributed by atoms with Crippen molar-refractivity contribution in [2.75, 3.05) is 5.32 Å². The maximum Gasteiger partial charge on any atom is 0.243 e. The Morgan fingerprint density at radius 2 is 2.00 bits per heavy atom. The van der Waals surface area contributed by atoms with Crippen molar-refractivity contribution in [3.63, 3.8) is 0 Å². The van der Waals surface area contributed by atoms with Gasteiger partial charge in [-0.15, -0.1) is 0 Å². The summed E-state index contributed by atoms with van der Waals surface area (Å²) < 4.78 is 0.962. The average Bonchev–Trinajstić information content (AvgIpc) is 2.35. The third-order valence-electron chi connectivity index (χ3n) is 3.85. The van der Waals surface area contributed by atoms with E-state index in [1.54, 1.807) is 0 Å². The van der Waals surface area contributed by atoms with Gasteiger partial charge in [0.1, 0.15) is 5.54 Å². The topological polar surface area (TPSA) is 55.1 Å². The molecule has 1 fully saturated rings. The molecule has 3 N–H and O–H groups in total. The van der Waals surface area contributed by atoms with Gasteiger partial charge in [-0.1, -0.05) is 19.1 Å². The molecule has 1 aromatic carbocycles. The quantitative estimate of drug-likeness (QED) is 0.900. The van der Waals surface area contributed by atoms with Gasteiger partial charge in [0.15, 0.2) is 0 Å². The largest absolute Gasteiger partial charge is 0.370 e. The summed E-state index contributed by atoms with van der Waals surface area (Å²) >= 11 is 3.49. The van der Waals surface area contributed by atoms with Crippen molar-refractivity contribution in [2.24, 2.45) is 11.7 Å². The summed E-state index contributed by atoms with van der Waals surface area (Å²) in [6.07, 6.45) is 3.70. The molecule has 0 saturated heterocycles. The van der Waals surface area contributed by atoms with Gasteiger partial charge in [0.25, 0.3) is 0 Å². The van der Waals surface area contributed by atoms with Gasteiger partial charge >= 0.3 is 0 Å². The van der Waals surface area contributed by atoms with Gasteiger partial charge in [-0.25, -0.2) is 0 Å². The molecular weight excluding hydrogens is 292 g/mol. The van der Waals surface area contributed by atoms with Crippen molar-refractivity contribution in [3.8, 4) is 0 Å². The lowest BCUT2D eigenvalue weighted by molar-refractivity contribution is -0.123. The second-order valence-corrected chi connectivity index (χ2v) is 6.09. The number of anilines is 1. The summed E-state index contributed by atoms with van der Waals surface area (Å²) in [5.41, 5.74) is 5.98. The van der Waals surface area contributed by atoms with Gasteiger partial charge in [0.2, 0.25) is 5.91 Å². The molecule has 18 heavy (non-hydrogen) atoms. The van der Waals surface area contributed by atoms with Crippen LogP contribution < -0.4 is 11.1 Å². The molecule has 0 heterocycles. The van der Waals surface area contributed by atoms with E-state index in [4.69, 9.17) is 5.73 Å². The van der Waals surface area contributed by atoms with Crippen LogP contribution in [0, 0.1) is 5.92 Å². The first kappa shape index (κ1) is 13.4. The molecule has 1 aromatic rings. The molecule has 98 valence electrons. The fourth-order valence-corrected chi connectivity index (χ4v) is 2.89. The first-order chi connectivity index (χ1) is 8.53. The van der Waals surface area contributed by atoms with Crippen LogP contribution in [0.25, 0.3) is 0 Å². The Kier molecular flexibility index (Phi) is 3.95. The van der Waals surface area contributed by atoms with E-state index in [9.17, 15) is 4.79 Å². The van der Waals surface area contributed by atoms with E-state index in [0.717, 1.165) is 35.8 Å². The molecule has 0 bridgehead atoms. The maximum absolute atomic E-state index is 11.8. The van der Waals surface area contributed by atoms with Gasteiger partial charge in [-0.05, 0) is 59.7 Å². The van der Waals surface area contributed by atoms with Gasteiger partial charge in [0.05, 0.1) is 0 Å². The molecule has 1 aliphatic carbocycles. The summed E-state index contributed by atoms with van der Waals surface area (Å²) in [7, 11) is 0. The number of amides is 1. The molecule has 0 aliphatic heterocycles. The number of carbonyl (C=O) groups is 1. The highest BCUT2D eigenvalue weighted by Crippen LogP contribution is 2.36. The monoisotopic (exact) mass is 310 g/mol. The highest BCUT2D eigenvalue weighted by Gasteiger charge is 2.39. The lowest BCUT2D eigenvalue weighted by Crippen LogP contribution is -2.52. The van der Waals surface area contributed by atoms with E-state index in [-0.39, 0.29) is 5.91 Å². The Bertz CT molecular complexity index is 439. The molecule has 1 amide bonds. The lowest BCUT2D eigenvalue weighted by Gasteiger charge is -2.38. The van der Waals surface area contributed by atoms with E-state index < -0.39 is 5.54 Å². The maximum atomic E-state index is 11.8. The van der Waals surface area contributed by atoms with Crippen molar-refractivity contribution in [2.45, 2.75) is 38.1 Å². The third kappa shape index (κ3) is 2.69. The summed E-state index contributed by atoms with van der Waals surface area (Å²) in [6.45, 7) is 2.23. The number of carbonyl (C=O) groups excluding carboxylic acids is 1. The molecular formula is C14H19BrN2O. The molecule has 4 heteroatoms. The summed E-state index contributed by atoms with van der Waals surface area (Å²) in [5.74, 6) is 0.434. The number of nitrogens with one attached hydrogen (secondary N) is 1. The minimum absolute atomic E-state index is 0.245. The number of nitrogens with two attached hydrogens (primary N) is 1. The average molecular weight is 311 g/mol. The molecule has 0 radical (unpaired) electrons. The van der Waals surface area contributed by atoms with Crippen molar-refractivity contribution >= 4 is 27.5 Å². The zero-order valence-electron chi connectivity index (χ0n) is 10.6. The summed E-state index contributed by atoms with van der Waals surface area (Å²) in [4.78, 5) is 11.8. The molecule has 3 nitrogen and oxygen atoms in total. The molecule has 1 aliphatic rings. The molecule has 0 spiro atoms. The number of hydrogen-bond donors (Lipinski definition) is 2. The highest BCUT2D eigenvalue weighted by molar-refractivity contribution is 9.10. The molecule has 0 atom stereocenters. The van der Waals surface area contributed by atoms with Gasteiger partial charge in [-0.3, -0.25) is 4.79 Å². The number of halogens is 1. The van der Waals surface area contributed by atoms with Crippen LogP contribution in [0.2, 0.25) is 0 Å². The van der Waals surface area contributed by atoms with Crippen LogP contribution in [0.4, 0.5) is 5.69 Å². The fourth-order valence-electron chi connectivity index (χ4n) is 2.51. The zero-order chi connectivity index (χ0) is 13.2. The van der Waals surface area contributed by atoms with Crippen LogP contribution in [0.5, 0.6) is 0 Å². The molecule has 1 saturated carbocycles. The number of hydrogen-bond acceptors (Lipinski definition) is 2. The van der Waals surface area contributed by atoms with E-state index in [1.165, 1.54) is 0 Å². The lowest BCUT2D eigenvalue weighted by atomic mass is 9.76. The highest BCUT2D eigenvalue weighted by atomic mass is 79.9. The molecule has 0 unspecified atom stereocenters. The number of benzene rings is 1. The minimum atomic E-state index is -0.587. The predicted molar refractivity (Wildman–Crippen MR) is 77.3 cm³/mol. The minimum Gasteiger partial charge on any atom is -0.370 e. The van der Waals surface area contributed by atoms with Crippen molar-refractivity contribution in [3.05, 3.63) is 28.7 Å². The smallest absolute Gasteiger partial charge is 0.243 e. The van der Waals surface area contributed by atoms with Crippen LogP contribution in [0.3, 0.4) is 0 Å². The Hall–Kier alpha value is -1.03. The second kappa shape index (κ2) is 5.31. The molecule has 0 aromatic heterocycles. The van der Waals surface area contributed by atoms with Crippen LogP contribution >= 0.6 is 15.9 Å². The van der Waals surface area contributed by atoms with E-state index >= 15 is 0 Å². The SMILES string of the molecule is CC1CCC(Nc2ccccc2Br)(C(N)=O)CC1. The molecule has 2 rings (SSSR count). The Balaban J connectivity index is 2.22. The van der Waals surface area contributed by atoms with E-state index in [1.807, 2.05) is 24.3 Å². The van der Waals surface area contributed by atoms with Crippen LogP contribution in [0.1, 0.15) is 32.6 Å². The number of rotatable bonds is 3. The van der Waals surface area contributed by atoms with Gasteiger partial charge in [0, 0.05) is 10.2 Å². The van der Waals surface area contributed by atoms with Gasteiger partial charge < -0.3 is 11.1 Å². The second-order valence-electron chi connectivity index (χ2n) is 5.23. The van der Waals surface area contributed by atoms with Crippen molar-refractivity contribution < 1.29 is 4.79 Å². The Morgan fingerprint density at radius 3 is 2.56 bits per heavy atom. The van der Waals surface area contributed by atoms with E-state index in [2.05, 4.69) is 28.2 Å². The Labute approximate surface area is 116 Å². The first-order valence-corrected chi connectivity index (χ1v) is 7.15. The van der Waals surface area contributed by atoms with E-state index in [0.29, 0.717) is 5.92 Å². The normalized spacial score (nSPS) is 27.8. The number of primary amides is 1. The fraction of sp³-hybridized carbons (Fsp3) is 0.500. The first-order valence-electron chi connectivity index (χ1n) is 6.36. The van der Waals surface area contributed by atoms with Crippen molar-refractivity contribution in [1.29, 1.82) is 0 Å². The standard InChI is InChI=1S/C14H19BrN2O/c1-10-6-8-14(9-7-10,13(16)18)17-12-5-3-2-4-11(12)15/h2-5,10,17H,6-9H2,1H3,(H2,16,18). The number of para-hydroxylation sites is 1. The predicted octanol–water partition coefficient (Wildman–Crippen LogP) is 3.30. The summed E-state index contributed by atoms with van der Waals surface area (Å²) in [5, 5.41) is 3.36. The van der Waals surface area contributed by atoms with Crippen LogP contribution in [-0.4, -0.2) is 11.4 Å².